The molecule has 0 heterocycles. The van der Waals surface area contributed by atoms with Crippen LogP contribution in [-0.2, 0) is 14.8 Å². The molecule has 2 aromatic carbocycles. The molecule has 2 rings (SSSR count). The number of hydrogen-bond acceptors (Lipinski definition) is 4. The molecule has 0 spiro atoms. The maximum Gasteiger partial charge on any atom is 0.261 e. The maximum atomic E-state index is 12.4. The van der Waals surface area contributed by atoms with Crippen LogP contribution >= 0.6 is 0 Å². The van der Waals surface area contributed by atoms with Crippen LogP contribution in [0.25, 0.3) is 0 Å². The Hall–Kier alpha value is -2.38. The first-order valence-electron chi connectivity index (χ1n) is 8.69. The van der Waals surface area contributed by atoms with Crippen molar-refractivity contribution in [3.8, 4) is 0 Å². The summed E-state index contributed by atoms with van der Waals surface area (Å²) in [6.45, 7) is 0.681. The minimum absolute atomic E-state index is 0.0734. The standard InChI is InChI=1S/C19H25N3O3S/c20-15-7-2-1-6-10-19(23)21-16-11-13-18(14-12-16)26(24,25)22-17-8-4-3-5-9-17/h3-5,8-9,11-14,22H,1-2,6-7,10,15,20H2,(H,21,23). The molecule has 4 N–H and O–H groups in total. The molecule has 0 aliphatic carbocycles. The Morgan fingerprint density at radius 2 is 1.50 bits per heavy atom. The summed E-state index contributed by atoms with van der Waals surface area (Å²) in [5, 5.41) is 2.78. The third-order valence-corrected chi connectivity index (χ3v) is 5.23. The predicted octanol–water partition coefficient (Wildman–Crippen LogP) is 3.34. The fraction of sp³-hybridized carbons (Fsp3) is 0.316. The number of benzene rings is 2. The van der Waals surface area contributed by atoms with Gasteiger partial charge in [-0.2, -0.15) is 0 Å². The van der Waals surface area contributed by atoms with Crippen molar-refractivity contribution in [3.05, 3.63) is 54.6 Å². The van der Waals surface area contributed by atoms with Gasteiger partial charge < -0.3 is 11.1 Å². The Kier molecular flexibility index (Phi) is 7.62. The van der Waals surface area contributed by atoms with Crippen molar-refractivity contribution in [1.82, 2.24) is 0 Å². The van der Waals surface area contributed by atoms with E-state index in [1.807, 2.05) is 6.07 Å². The van der Waals surface area contributed by atoms with Crippen molar-refractivity contribution in [1.29, 1.82) is 0 Å². The second kappa shape index (κ2) is 9.94. The van der Waals surface area contributed by atoms with Gasteiger partial charge in [0, 0.05) is 17.8 Å². The molecular formula is C19H25N3O3S. The van der Waals surface area contributed by atoms with Crippen LogP contribution in [0.3, 0.4) is 0 Å². The highest BCUT2D eigenvalue weighted by Gasteiger charge is 2.14. The van der Waals surface area contributed by atoms with Crippen LogP contribution < -0.4 is 15.8 Å². The lowest BCUT2D eigenvalue weighted by Crippen LogP contribution is -2.14. The molecular weight excluding hydrogens is 350 g/mol. The molecule has 26 heavy (non-hydrogen) atoms. The zero-order valence-corrected chi connectivity index (χ0v) is 15.5. The van der Waals surface area contributed by atoms with Crippen LogP contribution in [-0.4, -0.2) is 20.9 Å². The summed E-state index contributed by atoms with van der Waals surface area (Å²) in [5.74, 6) is -0.0734. The lowest BCUT2D eigenvalue weighted by Gasteiger charge is -2.09. The van der Waals surface area contributed by atoms with E-state index in [0.717, 1.165) is 25.7 Å². The van der Waals surface area contributed by atoms with Crippen molar-refractivity contribution in [2.75, 3.05) is 16.6 Å². The summed E-state index contributed by atoms with van der Waals surface area (Å²) in [6.07, 6.45) is 4.26. The lowest BCUT2D eigenvalue weighted by atomic mass is 10.1. The Morgan fingerprint density at radius 1 is 0.846 bits per heavy atom. The molecule has 0 fully saturated rings. The Morgan fingerprint density at radius 3 is 2.15 bits per heavy atom. The molecule has 0 unspecified atom stereocenters. The Balaban J connectivity index is 1.88. The molecule has 0 saturated carbocycles. The normalized spacial score (nSPS) is 11.1. The minimum atomic E-state index is -3.65. The largest absolute Gasteiger partial charge is 0.330 e. The van der Waals surface area contributed by atoms with Crippen LogP contribution in [0.15, 0.2) is 59.5 Å². The van der Waals surface area contributed by atoms with Crippen molar-refractivity contribution >= 4 is 27.3 Å². The van der Waals surface area contributed by atoms with Crippen molar-refractivity contribution in [2.24, 2.45) is 5.73 Å². The average Bonchev–Trinajstić information content (AvgIpc) is 2.62. The first-order chi connectivity index (χ1) is 12.5. The van der Waals surface area contributed by atoms with E-state index in [9.17, 15) is 13.2 Å². The smallest absolute Gasteiger partial charge is 0.261 e. The first-order valence-corrected chi connectivity index (χ1v) is 10.2. The number of amides is 1. The number of carbonyl (C=O) groups excluding carboxylic acids is 1. The van der Waals surface area contributed by atoms with E-state index in [1.54, 1.807) is 36.4 Å². The van der Waals surface area contributed by atoms with E-state index >= 15 is 0 Å². The zero-order valence-electron chi connectivity index (χ0n) is 14.6. The van der Waals surface area contributed by atoms with Crippen molar-refractivity contribution in [2.45, 2.75) is 37.0 Å². The van der Waals surface area contributed by atoms with Gasteiger partial charge in [0.2, 0.25) is 5.91 Å². The second-order valence-corrected chi connectivity index (χ2v) is 7.68. The minimum Gasteiger partial charge on any atom is -0.330 e. The zero-order chi connectivity index (χ0) is 18.8. The highest BCUT2D eigenvalue weighted by molar-refractivity contribution is 7.92. The topological polar surface area (TPSA) is 101 Å². The number of nitrogens with two attached hydrogens (primary N) is 1. The molecule has 2 aromatic rings. The summed E-state index contributed by atoms with van der Waals surface area (Å²) < 4.78 is 27.2. The van der Waals surface area contributed by atoms with Gasteiger partial charge in [0.05, 0.1) is 4.90 Å². The van der Waals surface area contributed by atoms with Crippen LogP contribution in [0, 0.1) is 0 Å². The summed E-state index contributed by atoms with van der Waals surface area (Å²) in [5.41, 5.74) is 6.51. The Labute approximate surface area is 154 Å². The fourth-order valence-electron chi connectivity index (χ4n) is 2.44. The van der Waals surface area contributed by atoms with Gasteiger partial charge in [-0.15, -0.1) is 0 Å². The van der Waals surface area contributed by atoms with Gasteiger partial charge in [-0.1, -0.05) is 31.0 Å². The van der Waals surface area contributed by atoms with E-state index < -0.39 is 10.0 Å². The quantitative estimate of drug-likeness (QED) is 0.554. The van der Waals surface area contributed by atoms with Crippen LogP contribution in [0.1, 0.15) is 32.1 Å². The number of nitrogens with one attached hydrogen (secondary N) is 2. The summed E-state index contributed by atoms with van der Waals surface area (Å²) in [6, 6.07) is 14.8. The molecule has 140 valence electrons. The Bertz CT molecular complexity index is 791. The highest BCUT2D eigenvalue weighted by Crippen LogP contribution is 2.18. The van der Waals surface area contributed by atoms with Gasteiger partial charge in [-0.25, -0.2) is 8.42 Å². The molecule has 0 radical (unpaired) electrons. The summed E-state index contributed by atoms with van der Waals surface area (Å²) >= 11 is 0. The van der Waals surface area contributed by atoms with E-state index in [1.165, 1.54) is 12.1 Å². The number of hydrogen-bond donors (Lipinski definition) is 3. The molecule has 0 saturated heterocycles. The van der Waals surface area contributed by atoms with E-state index in [-0.39, 0.29) is 10.8 Å². The van der Waals surface area contributed by atoms with E-state index in [4.69, 9.17) is 5.73 Å². The summed E-state index contributed by atoms with van der Waals surface area (Å²) in [4.78, 5) is 12.0. The van der Waals surface area contributed by atoms with Gasteiger partial charge in [0.1, 0.15) is 0 Å². The molecule has 0 aliphatic heterocycles. The van der Waals surface area contributed by atoms with Gasteiger partial charge in [0.25, 0.3) is 10.0 Å². The van der Waals surface area contributed by atoms with E-state index in [2.05, 4.69) is 10.0 Å². The molecule has 7 heteroatoms. The second-order valence-electron chi connectivity index (χ2n) is 6.00. The third-order valence-electron chi connectivity index (χ3n) is 3.83. The fourth-order valence-corrected chi connectivity index (χ4v) is 3.50. The highest BCUT2D eigenvalue weighted by atomic mass is 32.2. The monoisotopic (exact) mass is 375 g/mol. The third kappa shape index (κ3) is 6.50. The molecule has 0 aliphatic rings. The number of anilines is 2. The van der Waals surface area contributed by atoms with Crippen LogP contribution in [0.5, 0.6) is 0 Å². The first kappa shape index (κ1) is 19.9. The number of unbranched alkanes of at least 4 members (excludes halogenated alkanes) is 3. The van der Waals surface area contributed by atoms with Crippen molar-refractivity contribution in [3.63, 3.8) is 0 Å². The maximum absolute atomic E-state index is 12.4. The van der Waals surface area contributed by atoms with Gasteiger partial charge in [0.15, 0.2) is 0 Å². The van der Waals surface area contributed by atoms with Gasteiger partial charge >= 0.3 is 0 Å². The van der Waals surface area contributed by atoms with Gasteiger partial charge in [-0.3, -0.25) is 9.52 Å². The average molecular weight is 375 g/mol. The predicted molar refractivity (Wildman–Crippen MR) is 104 cm³/mol. The molecule has 1 amide bonds. The summed E-state index contributed by atoms with van der Waals surface area (Å²) in [7, 11) is -3.65. The number of sulfonamides is 1. The molecule has 0 atom stereocenters. The lowest BCUT2D eigenvalue weighted by molar-refractivity contribution is -0.116. The van der Waals surface area contributed by atoms with Crippen molar-refractivity contribution < 1.29 is 13.2 Å². The van der Waals surface area contributed by atoms with E-state index in [0.29, 0.717) is 24.3 Å². The molecule has 6 nitrogen and oxygen atoms in total. The molecule has 0 aromatic heterocycles. The van der Waals surface area contributed by atoms with Gasteiger partial charge in [-0.05, 0) is 55.8 Å². The van der Waals surface area contributed by atoms with Crippen LogP contribution in [0.2, 0.25) is 0 Å². The number of carbonyl (C=O) groups is 1. The number of para-hydroxylation sites is 1. The number of rotatable bonds is 10. The molecule has 0 bridgehead atoms. The SMILES string of the molecule is NCCCCCCC(=O)Nc1ccc(S(=O)(=O)Nc2ccccc2)cc1. The van der Waals surface area contributed by atoms with Crippen LogP contribution in [0.4, 0.5) is 11.4 Å².